The van der Waals surface area contributed by atoms with Crippen molar-refractivity contribution in [3.8, 4) is 5.75 Å². The quantitative estimate of drug-likeness (QED) is 0.512. The van der Waals surface area contributed by atoms with E-state index in [-0.39, 0.29) is 11.3 Å². The first-order valence-electron chi connectivity index (χ1n) is 6.11. The topological polar surface area (TPSA) is 115 Å². The van der Waals surface area contributed by atoms with Gasteiger partial charge in [0.25, 0.3) is 0 Å². The Morgan fingerprint density at radius 2 is 1.36 bits per heavy atom. The second kappa shape index (κ2) is 8.11. The smallest absolute Gasteiger partial charge is 0.370 e. The van der Waals surface area contributed by atoms with Crippen molar-refractivity contribution < 1.29 is 30.0 Å². The van der Waals surface area contributed by atoms with Gasteiger partial charge in [-0.1, -0.05) is 30.3 Å². The first kappa shape index (κ1) is 16.8. The molecule has 0 heterocycles. The summed E-state index contributed by atoms with van der Waals surface area (Å²) in [5.74, 6) is -2.88. The average Bonchev–Trinajstić information content (AvgIpc) is 2.49. The van der Waals surface area contributed by atoms with Crippen molar-refractivity contribution >= 4 is 18.0 Å². The molecular formula is C16H14O6. The number of carbonyl (C=O) groups is 2. The van der Waals surface area contributed by atoms with E-state index in [0.29, 0.717) is 5.56 Å². The summed E-state index contributed by atoms with van der Waals surface area (Å²) in [6.07, 6.45) is 1.20. The van der Waals surface area contributed by atoms with Gasteiger partial charge in [-0.3, -0.25) is 0 Å². The van der Waals surface area contributed by atoms with Crippen LogP contribution in [0, 0.1) is 0 Å². The predicted molar refractivity (Wildman–Crippen MR) is 79.7 cm³/mol. The van der Waals surface area contributed by atoms with E-state index in [9.17, 15) is 9.59 Å². The Kier molecular flexibility index (Phi) is 6.18. The van der Waals surface area contributed by atoms with Crippen molar-refractivity contribution in [1.29, 1.82) is 0 Å². The summed E-state index contributed by atoms with van der Waals surface area (Å²) in [6.45, 7) is 0. The standard InChI is InChI=1S/C9H8O3.C7H6O3/c10-8(9(11)12)6-7-4-2-1-3-5-7;8-6-3-1-5(2-4-6)7(9)10/h1-6,10H,(H,11,12);1-4,8H,(H,9,10). The maximum atomic E-state index is 10.2. The van der Waals surface area contributed by atoms with E-state index >= 15 is 0 Å². The Balaban J connectivity index is 0.000000224. The number of benzene rings is 2. The maximum absolute atomic E-state index is 10.2. The van der Waals surface area contributed by atoms with E-state index in [0.717, 1.165) is 0 Å². The van der Waals surface area contributed by atoms with Gasteiger partial charge in [0.15, 0.2) is 0 Å². The van der Waals surface area contributed by atoms with Crippen LogP contribution in [-0.2, 0) is 4.79 Å². The van der Waals surface area contributed by atoms with Gasteiger partial charge < -0.3 is 20.4 Å². The molecule has 114 valence electrons. The number of aromatic carboxylic acids is 1. The highest BCUT2D eigenvalue weighted by molar-refractivity contribution is 5.89. The number of aromatic hydroxyl groups is 1. The number of carboxylic acids is 2. The number of hydrogen-bond acceptors (Lipinski definition) is 4. The third-order valence-electron chi connectivity index (χ3n) is 2.44. The summed E-state index contributed by atoms with van der Waals surface area (Å²) in [5.41, 5.74) is 0.843. The molecule has 0 aliphatic rings. The van der Waals surface area contributed by atoms with Gasteiger partial charge in [0.1, 0.15) is 5.75 Å². The Morgan fingerprint density at radius 3 is 1.82 bits per heavy atom. The molecule has 2 aromatic rings. The van der Waals surface area contributed by atoms with Gasteiger partial charge in [-0.2, -0.15) is 0 Å². The summed E-state index contributed by atoms with van der Waals surface area (Å²) in [5, 5.41) is 34.3. The van der Waals surface area contributed by atoms with Gasteiger partial charge in [-0.15, -0.1) is 0 Å². The molecule has 0 saturated carbocycles. The van der Waals surface area contributed by atoms with Gasteiger partial charge >= 0.3 is 11.9 Å². The number of aliphatic carboxylic acids is 1. The van der Waals surface area contributed by atoms with Gasteiger partial charge in [0.2, 0.25) is 5.76 Å². The van der Waals surface area contributed by atoms with Crippen molar-refractivity contribution in [2.45, 2.75) is 0 Å². The van der Waals surface area contributed by atoms with Crippen LogP contribution in [0.2, 0.25) is 0 Å². The second-order valence-electron chi connectivity index (χ2n) is 4.10. The molecule has 2 rings (SSSR count). The van der Waals surface area contributed by atoms with E-state index in [2.05, 4.69) is 0 Å². The van der Waals surface area contributed by atoms with Crippen LogP contribution in [0.4, 0.5) is 0 Å². The van der Waals surface area contributed by atoms with E-state index in [4.69, 9.17) is 20.4 Å². The number of phenolic OH excluding ortho intramolecular Hbond substituents is 1. The van der Waals surface area contributed by atoms with Crippen LogP contribution in [0.3, 0.4) is 0 Å². The highest BCUT2D eigenvalue weighted by Gasteiger charge is 2.02. The highest BCUT2D eigenvalue weighted by atomic mass is 16.4. The molecule has 4 N–H and O–H groups in total. The molecule has 0 aromatic heterocycles. The molecule has 0 saturated heterocycles. The van der Waals surface area contributed by atoms with Gasteiger partial charge in [-0.25, -0.2) is 9.59 Å². The molecule has 0 bridgehead atoms. The van der Waals surface area contributed by atoms with Gasteiger partial charge in [0, 0.05) is 0 Å². The Hall–Kier alpha value is -3.28. The molecular weight excluding hydrogens is 288 g/mol. The zero-order valence-electron chi connectivity index (χ0n) is 11.4. The molecule has 0 aliphatic carbocycles. The minimum Gasteiger partial charge on any atom is -0.508 e. The van der Waals surface area contributed by atoms with Crippen LogP contribution in [0.25, 0.3) is 6.08 Å². The molecule has 0 atom stereocenters. The summed E-state index contributed by atoms with van der Waals surface area (Å²) < 4.78 is 0. The fraction of sp³-hybridized carbons (Fsp3) is 0. The summed E-state index contributed by atoms with van der Waals surface area (Å²) in [6, 6.07) is 14.1. The fourth-order valence-corrected chi connectivity index (χ4v) is 1.37. The maximum Gasteiger partial charge on any atom is 0.370 e. The molecule has 6 nitrogen and oxygen atoms in total. The molecule has 0 radical (unpaired) electrons. The first-order valence-corrected chi connectivity index (χ1v) is 6.11. The molecule has 0 amide bonds. The Labute approximate surface area is 126 Å². The predicted octanol–water partition coefficient (Wildman–Crippen LogP) is 2.76. The van der Waals surface area contributed by atoms with Crippen molar-refractivity contribution in [3.05, 3.63) is 71.5 Å². The second-order valence-corrected chi connectivity index (χ2v) is 4.10. The molecule has 6 heteroatoms. The zero-order valence-corrected chi connectivity index (χ0v) is 11.4. The number of aliphatic hydroxyl groups is 1. The number of aliphatic hydroxyl groups excluding tert-OH is 1. The fourth-order valence-electron chi connectivity index (χ4n) is 1.37. The molecule has 0 spiro atoms. The van der Waals surface area contributed by atoms with Crippen molar-refractivity contribution in [2.24, 2.45) is 0 Å². The zero-order chi connectivity index (χ0) is 16.5. The monoisotopic (exact) mass is 302 g/mol. The van der Waals surface area contributed by atoms with Crippen LogP contribution in [-0.4, -0.2) is 32.4 Å². The van der Waals surface area contributed by atoms with E-state index in [1.54, 1.807) is 24.3 Å². The third-order valence-corrected chi connectivity index (χ3v) is 2.44. The minimum absolute atomic E-state index is 0.0741. The van der Waals surface area contributed by atoms with Crippen LogP contribution >= 0.6 is 0 Å². The van der Waals surface area contributed by atoms with Crippen molar-refractivity contribution in [1.82, 2.24) is 0 Å². The number of carboxylic acid groups (broad SMARTS) is 2. The summed E-state index contributed by atoms with van der Waals surface area (Å²) in [4.78, 5) is 20.4. The molecule has 0 unspecified atom stereocenters. The SMILES string of the molecule is O=C(O)C(O)=Cc1ccccc1.O=C(O)c1ccc(O)cc1. The molecule has 2 aromatic carbocycles. The van der Waals surface area contributed by atoms with Crippen molar-refractivity contribution in [2.75, 3.05) is 0 Å². The first-order chi connectivity index (χ1) is 10.4. The third kappa shape index (κ3) is 5.79. The normalized spacial score (nSPS) is 10.3. The molecule has 22 heavy (non-hydrogen) atoms. The number of rotatable bonds is 3. The molecule has 0 fully saturated rings. The van der Waals surface area contributed by atoms with Gasteiger partial charge in [0.05, 0.1) is 5.56 Å². The average molecular weight is 302 g/mol. The molecule has 0 aliphatic heterocycles. The lowest BCUT2D eigenvalue weighted by molar-refractivity contribution is -0.135. The number of hydrogen-bond donors (Lipinski definition) is 4. The Bertz CT molecular complexity index is 659. The highest BCUT2D eigenvalue weighted by Crippen LogP contribution is 2.08. The van der Waals surface area contributed by atoms with Crippen LogP contribution < -0.4 is 0 Å². The lowest BCUT2D eigenvalue weighted by Gasteiger charge is -1.92. The largest absolute Gasteiger partial charge is 0.508 e. The lowest BCUT2D eigenvalue weighted by Crippen LogP contribution is -1.98. The number of phenols is 1. The van der Waals surface area contributed by atoms with Gasteiger partial charge in [-0.05, 0) is 35.9 Å². The van der Waals surface area contributed by atoms with E-state index in [1.165, 1.54) is 30.3 Å². The summed E-state index contributed by atoms with van der Waals surface area (Å²) >= 11 is 0. The van der Waals surface area contributed by atoms with Crippen LogP contribution in [0.1, 0.15) is 15.9 Å². The minimum atomic E-state index is -1.32. The Morgan fingerprint density at radius 1 is 0.818 bits per heavy atom. The lowest BCUT2D eigenvalue weighted by atomic mass is 10.2. The van der Waals surface area contributed by atoms with E-state index < -0.39 is 17.7 Å². The van der Waals surface area contributed by atoms with Crippen LogP contribution in [0.15, 0.2) is 60.4 Å². The van der Waals surface area contributed by atoms with E-state index in [1.807, 2.05) is 6.07 Å². The van der Waals surface area contributed by atoms with Crippen LogP contribution in [0.5, 0.6) is 5.75 Å². The summed E-state index contributed by atoms with van der Waals surface area (Å²) in [7, 11) is 0. The van der Waals surface area contributed by atoms with Crippen molar-refractivity contribution in [3.63, 3.8) is 0 Å².